The van der Waals surface area contributed by atoms with Gasteiger partial charge in [0, 0.05) is 50.2 Å². The van der Waals surface area contributed by atoms with Crippen LogP contribution in [-0.2, 0) is 9.47 Å². The molecule has 4 nitrogen and oxygen atoms in total. The van der Waals surface area contributed by atoms with Crippen molar-refractivity contribution in [3.63, 3.8) is 0 Å². The fraction of sp³-hybridized carbons (Fsp3) is 0.867. The highest BCUT2D eigenvalue weighted by atomic mass is 16.5. The Morgan fingerprint density at radius 1 is 1.53 bits per heavy atom. The van der Waals surface area contributed by atoms with Crippen molar-refractivity contribution >= 4 is 0 Å². The van der Waals surface area contributed by atoms with Crippen molar-refractivity contribution in [3.8, 4) is 0 Å². The average molecular weight is 268 g/mol. The maximum atomic E-state index is 6.77. The molecule has 3 atom stereocenters. The largest absolute Gasteiger partial charge is 0.383 e. The van der Waals surface area contributed by atoms with E-state index in [0.29, 0.717) is 12.0 Å². The highest BCUT2D eigenvalue weighted by molar-refractivity contribution is 5.21. The van der Waals surface area contributed by atoms with Gasteiger partial charge < -0.3 is 15.2 Å². The molecule has 1 aliphatic heterocycles. The normalized spacial score (nSPS) is 36.1. The van der Waals surface area contributed by atoms with Gasteiger partial charge in [-0.25, -0.2) is 0 Å². The van der Waals surface area contributed by atoms with Crippen LogP contribution in [0.3, 0.4) is 0 Å². The van der Waals surface area contributed by atoms with Crippen molar-refractivity contribution in [2.75, 3.05) is 40.0 Å². The maximum Gasteiger partial charge on any atom is 0.0691 e. The Labute approximate surface area is 116 Å². The molecule has 0 amide bonds. The molecule has 1 saturated heterocycles. The predicted molar refractivity (Wildman–Crippen MR) is 77.1 cm³/mol. The number of fused-ring (bicyclic) bond motifs is 1. The summed E-state index contributed by atoms with van der Waals surface area (Å²) in [4.78, 5) is 2.34. The Morgan fingerprint density at radius 3 is 2.89 bits per heavy atom. The third-order valence-electron chi connectivity index (χ3n) is 5.15. The molecule has 0 aromatic heterocycles. The van der Waals surface area contributed by atoms with Crippen LogP contribution in [0.4, 0.5) is 0 Å². The molecule has 1 aliphatic carbocycles. The van der Waals surface area contributed by atoms with Crippen LogP contribution in [0.1, 0.15) is 20.3 Å². The van der Waals surface area contributed by atoms with Crippen LogP contribution in [0.25, 0.3) is 0 Å². The highest BCUT2D eigenvalue weighted by Gasteiger charge is 2.67. The third kappa shape index (κ3) is 2.35. The minimum atomic E-state index is -0.162. The molecular weight excluding hydrogens is 240 g/mol. The molecule has 2 rings (SSSR count). The highest BCUT2D eigenvalue weighted by Crippen LogP contribution is 2.58. The Bertz CT molecular complexity index is 332. The predicted octanol–water partition coefficient (Wildman–Crippen LogP) is 1.26. The number of rotatable bonds is 7. The van der Waals surface area contributed by atoms with Crippen LogP contribution in [0.15, 0.2) is 12.7 Å². The summed E-state index contributed by atoms with van der Waals surface area (Å²) < 4.78 is 11.0. The Kier molecular flexibility index (Phi) is 4.35. The summed E-state index contributed by atoms with van der Waals surface area (Å²) in [5, 5.41) is 0. The number of ether oxygens (including phenoxy) is 2. The second-order valence-electron chi connectivity index (χ2n) is 6.47. The molecule has 1 heterocycles. The Hall–Kier alpha value is -0.420. The topological polar surface area (TPSA) is 47.7 Å². The number of hydrogen-bond donors (Lipinski definition) is 1. The lowest BCUT2D eigenvalue weighted by molar-refractivity contribution is -0.163. The third-order valence-corrected chi connectivity index (χ3v) is 5.15. The molecule has 2 N–H and O–H groups in total. The first kappa shape index (κ1) is 15.0. The monoisotopic (exact) mass is 268 g/mol. The zero-order valence-corrected chi connectivity index (χ0v) is 12.5. The van der Waals surface area contributed by atoms with Crippen molar-refractivity contribution in [1.82, 2.24) is 4.90 Å². The molecule has 1 saturated carbocycles. The molecule has 0 bridgehead atoms. The molecule has 3 unspecified atom stereocenters. The van der Waals surface area contributed by atoms with E-state index in [1.165, 1.54) is 0 Å². The van der Waals surface area contributed by atoms with Gasteiger partial charge in [-0.2, -0.15) is 0 Å². The van der Waals surface area contributed by atoms with E-state index in [0.717, 1.165) is 39.3 Å². The first-order valence-electron chi connectivity index (χ1n) is 7.20. The SMILES string of the molecule is C=CCN(CCOC)CC1(N)C2CCOC2C1(C)C. The summed E-state index contributed by atoms with van der Waals surface area (Å²) in [5.41, 5.74) is 6.65. The fourth-order valence-electron chi connectivity index (χ4n) is 3.80. The first-order valence-corrected chi connectivity index (χ1v) is 7.20. The smallest absolute Gasteiger partial charge is 0.0691 e. The van der Waals surface area contributed by atoms with Gasteiger partial charge in [-0.3, -0.25) is 4.90 Å². The standard InChI is InChI=1S/C15H28N2O2/c1-5-7-17(8-10-18-4)11-15(16)12-6-9-19-13(12)14(15,2)3/h5,12-13H,1,6-11,16H2,2-4H3. The molecule has 0 radical (unpaired) electrons. The quantitative estimate of drug-likeness (QED) is 0.706. The fourth-order valence-corrected chi connectivity index (χ4v) is 3.80. The molecular formula is C15H28N2O2. The second-order valence-corrected chi connectivity index (χ2v) is 6.47. The minimum absolute atomic E-state index is 0.0423. The van der Waals surface area contributed by atoms with Gasteiger partial charge in [0.25, 0.3) is 0 Å². The zero-order valence-electron chi connectivity index (χ0n) is 12.5. The van der Waals surface area contributed by atoms with E-state index in [9.17, 15) is 0 Å². The molecule has 2 fully saturated rings. The molecule has 19 heavy (non-hydrogen) atoms. The number of methoxy groups -OCH3 is 1. The van der Waals surface area contributed by atoms with Crippen LogP contribution >= 0.6 is 0 Å². The molecule has 0 aromatic rings. The van der Waals surface area contributed by atoms with E-state index in [2.05, 4.69) is 25.3 Å². The Morgan fingerprint density at radius 2 is 2.26 bits per heavy atom. The second kappa shape index (κ2) is 5.52. The lowest BCUT2D eigenvalue weighted by Crippen LogP contribution is -2.78. The maximum absolute atomic E-state index is 6.77. The zero-order chi connectivity index (χ0) is 14.1. The van der Waals surface area contributed by atoms with Crippen molar-refractivity contribution in [2.45, 2.75) is 31.9 Å². The molecule has 110 valence electrons. The summed E-state index contributed by atoms with van der Waals surface area (Å²) in [7, 11) is 1.73. The van der Waals surface area contributed by atoms with Gasteiger partial charge in [0.15, 0.2) is 0 Å². The van der Waals surface area contributed by atoms with Crippen LogP contribution < -0.4 is 5.73 Å². The van der Waals surface area contributed by atoms with Gasteiger partial charge >= 0.3 is 0 Å². The van der Waals surface area contributed by atoms with E-state index < -0.39 is 0 Å². The number of nitrogens with two attached hydrogens (primary N) is 1. The van der Waals surface area contributed by atoms with Gasteiger partial charge in [0.1, 0.15) is 0 Å². The van der Waals surface area contributed by atoms with Crippen LogP contribution in [0.2, 0.25) is 0 Å². The van der Waals surface area contributed by atoms with E-state index in [1.807, 2.05) is 6.08 Å². The number of hydrogen-bond acceptors (Lipinski definition) is 4. The summed E-state index contributed by atoms with van der Waals surface area (Å²) >= 11 is 0. The van der Waals surface area contributed by atoms with Gasteiger partial charge in [-0.1, -0.05) is 19.9 Å². The van der Waals surface area contributed by atoms with Gasteiger partial charge in [-0.15, -0.1) is 6.58 Å². The van der Waals surface area contributed by atoms with Crippen LogP contribution in [0, 0.1) is 11.3 Å². The van der Waals surface area contributed by atoms with Crippen molar-refractivity contribution in [3.05, 3.63) is 12.7 Å². The van der Waals surface area contributed by atoms with Crippen LogP contribution in [0.5, 0.6) is 0 Å². The van der Waals surface area contributed by atoms with Crippen molar-refractivity contribution in [1.29, 1.82) is 0 Å². The molecule has 0 spiro atoms. The van der Waals surface area contributed by atoms with Gasteiger partial charge in [-0.05, 0) is 6.42 Å². The van der Waals surface area contributed by atoms with Crippen molar-refractivity contribution < 1.29 is 9.47 Å². The summed E-state index contributed by atoms with van der Waals surface area (Å²) in [6.07, 6.45) is 3.37. The molecule has 4 heteroatoms. The van der Waals surface area contributed by atoms with E-state index in [-0.39, 0.29) is 11.0 Å². The Balaban J connectivity index is 2.04. The van der Waals surface area contributed by atoms with E-state index >= 15 is 0 Å². The van der Waals surface area contributed by atoms with Gasteiger partial charge in [0.05, 0.1) is 12.7 Å². The van der Waals surface area contributed by atoms with Crippen molar-refractivity contribution in [2.24, 2.45) is 17.1 Å². The number of nitrogens with zero attached hydrogens (tertiary/aromatic N) is 1. The first-order chi connectivity index (χ1) is 8.97. The van der Waals surface area contributed by atoms with Crippen LogP contribution in [-0.4, -0.2) is 56.5 Å². The summed E-state index contributed by atoms with van der Waals surface area (Å²) in [6.45, 7) is 12.5. The van der Waals surface area contributed by atoms with E-state index in [4.69, 9.17) is 15.2 Å². The summed E-state index contributed by atoms with van der Waals surface area (Å²) in [5.74, 6) is 0.498. The lowest BCUT2D eigenvalue weighted by Gasteiger charge is -2.63. The molecule has 2 aliphatic rings. The minimum Gasteiger partial charge on any atom is -0.383 e. The lowest BCUT2D eigenvalue weighted by atomic mass is 9.48. The molecule has 0 aromatic carbocycles. The van der Waals surface area contributed by atoms with Gasteiger partial charge in [0.2, 0.25) is 0 Å². The average Bonchev–Trinajstić information content (AvgIpc) is 2.84. The van der Waals surface area contributed by atoms with E-state index in [1.54, 1.807) is 7.11 Å². The summed E-state index contributed by atoms with van der Waals surface area (Å²) in [6, 6.07) is 0.